The summed E-state index contributed by atoms with van der Waals surface area (Å²) in [7, 11) is 0. The van der Waals surface area contributed by atoms with E-state index in [1.165, 1.54) is 0 Å². The first-order valence-corrected chi connectivity index (χ1v) is 8.66. The first-order chi connectivity index (χ1) is 12.6. The topological polar surface area (TPSA) is 113 Å². The third kappa shape index (κ3) is 3.52. The molecule has 0 aromatic carbocycles. The molecule has 4 rings (SSSR count). The fourth-order valence-electron chi connectivity index (χ4n) is 3.60. The van der Waals surface area contributed by atoms with Crippen LogP contribution < -0.4 is 10.6 Å². The summed E-state index contributed by atoms with van der Waals surface area (Å²) in [6.45, 7) is 3.46. The zero-order chi connectivity index (χ0) is 18.1. The Morgan fingerprint density at radius 1 is 1.33 bits per heavy atom. The molecule has 2 aromatic heterocycles. The number of piperidine rings is 1. The Hall–Kier alpha value is -2.52. The summed E-state index contributed by atoms with van der Waals surface area (Å²) in [5.41, 5.74) is -0.176. The number of rotatable bonds is 4. The van der Waals surface area contributed by atoms with Crippen molar-refractivity contribution in [2.75, 3.05) is 13.1 Å². The summed E-state index contributed by atoms with van der Waals surface area (Å²) >= 11 is 0. The van der Waals surface area contributed by atoms with Crippen LogP contribution in [0.2, 0.25) is 0 Å². The van der Waals surface area contributed by atoms with Gasteiger partial charge in [0.25, 0.3) is 5.91 Å². The Morgan fingerprint density at radius 3 is 2.81 bits per heavy atom. The van der Waals surface area contributed by atoms with Gasteiger partial charge in [0, 0.05) is 18.0 Å². The van der Waals surface area contributed by atoms with Crippen LogP contribution in [0.4, 0.5) is 4.79 Å². The average molecular weight is 393 g/mol. The van der Waals surface area contributed by atoms with Crippen molar-refractivity contribution in [2.45, 2.75) is 31.8 Å². The van der Waals surface area contributed by atoms with Crippen molar-refractivity contribution in [3.8, 4) is 11.4 Å². The van der Waals surface area contributed by atoms with Crippen LogP contribution in [0.25, 0.3) is 11.4 Å². The number of amides is 3. The van der Waals surface area contributed by atoms with Crippen LogP contribution in [0.5, 0.6) is 0 Å². The largest absolute Gasteiger partial charge is 0.337 e. The van der Waals surface area contributed by atoms with E-state index in [1.54, 1.807) is 25.4 Å². The molecule has 2 aliphatic rings. The Balaban J connectivity index is 0.00000210. The first kappa shape index (κ1) is 19.2. The predicted molar refractivity (Wildman–Crippen MR) is 97.9 cm³/mol. The fourth-order valence-corrected chi connectivity index (χ4v) is 3.60. The molecule has 2 fully saturated rings. The summed E-state index contributed by atoms with van der Waals surface area (Å²) in [6.07, 6.45) is 4.97. The summed E-state index contributed by atoms with van der Waals surface area (Å²) in [4.78, 5) is 34.8. The number of pyridine rings is 1. The van der Waals surface area contributed by atoms with E-state index in [4.69, 9.17) is 4.52 Å². The molecule has 0 aliphatic carbocycles. The van der Waals surface area contributed by atoms with E-state index in [0.29, 0.717) is 11.4 Å². The standard InChI is InChI=1S/C17H20N6O3.ClH/c1-17(12-4-7-18-8-5-12)15(24)23(16(25)21-17)10-13-20-14(22-26-13)11-3-2-6-19-9-11;/h2-3,6,9,12,18H,4-5,7-8,10H2,1H3,(H,21,25);1H. The number of halogens is 1. The molecule has 10 heteroatoms. The van der Waals surface area contributed by atoms with Gasteiger partial charge in [0.05, 0.1) is 0 Å². The smallest absolute Gasteiger partial charge is 0.325 e. The lowest BCUT2D eigenvalue weighted by Crippen LogP contribution is -2.53. The summed E-state index contributed by atoms with van der Waals surface area (Å²) in [5.74, 6) is 0.456. The van der Waals surface area contributed by atoms with E-state index in [9.17, 15) is 9.59 Å². The number of urea groups is 1. The van der Waals surface area contributed by atoms with Gasteiger partial charge in [-0.3, -0.25) is 14.7 Å². The molecule has 1 atom stereocenters. The van der Waals surface area contributed by atoms with Crippen LogP contribution >= 0.6 is 12.4 Å². The highest BCUT2D eigenvalue weighted by Gasteiger charge is 2.52. The molecule has 2 aliphatic heterocycles. The molecule has 4 heterocycles. The van der Waals surface area contributed by atoms with Gasteiger partial charge in [-0.05, 0) is 50.9 Å². The number of carbonyl (C=O) groups is 2. The molecule has 144 valence electrons. The van der Waals surface area contributed by atoms with Gasteiger partial charge in [-0.2, -0.15) is 4.98 Å². The Labute approximate surface area is 162 Å². The van der Waals surface area contributed by atoms with E-state index < -0.39 is 11.6 Å². The van der Waals surface area contributed by atoms with Gasteiger partial charge in [-0.25, -0.2) is 4.79 Å². The van der Waals surface area contributed by atoms with Crippen LogP contribution in [0.15, 0.2) is 29.0 Å². The van der Waals surface area contributed by atoms with Crippen LogP contribution in [0.3, 0.4) is 0 Å². The number of hydrogen-bond donors (Lipinski definition) is 2. The maximum Gasteiger partial charge on any atom is 0.325 e. The second-order valence-electron chi connectivity index (χ2n) is 6.80. The summed E-state index contributed by atoms with van der Waals surface area (Å²) in [6, 6.07) is 3.16. The van der Waals surface area contributed by atoms with Gasteiger partial charge < -0.3 is 15.2 Å². The molecule has 2 saturated heterocycles. The molecule has 0 spiro atoms. The number of hydrogen-bond acceptors (Lipinski definition) is 7. The van der Waals surface area contributed by atoms with Crippen molar-refractivity contribution in [1.82, 2.24) is 30.7 Å². The van der Waals surface area contributed by atoms with Crippen molar-refractivity contribution >= 4 is 24.3 Å². The molecule has 2 N–H and O–H groups in total. The van der Waals surface area contributed by atoms with Crippen LogP contribution in [-0.2, 0) is 11.3 Å². The van der Waals surface area contributed by atoms with Crippen molar-refractivity contribution in [3.05, 3.63) is 30.4 Å². The summed E-state index contributed by atoms with van der Waals surface area (Å²) < 4.78 is 5.22. The van der Waals surface area contributed by atoms with Gasteiger partial charge in [-0.15, -0.1) is 12.4 Å². The second-order valence-corrected chi connectivity index (χ2v) is 6.80. The van der Waals surface area contributed by atoms with Crippen molar-refractivity contribution in [1.29, 1.82) is 0 Å². The third-order valence-electron chi connectivity index (χ3n) is 5.14. The van der Waals surface area contributed by atoms with E-state index in [1.807, 2.05) is 6.07 Å². The third-order valence-corrected chi connectivity index (χ3v) is 5.14. The van der Waals surface area contributed by atoms with Crippen molar-refractivity contribution in [2.24, 2.45) is 5.92 Å². The Morgan fingerprint density at radius 2 is 2.11 bits per heavy atom. The Kier molecular flexibility index (Phi) is 5.43. The molecule has 2 aromatic rings. The fraction of sp³-hybridized carbons (Fsp3) is 0.471. The summed E-state index contributed by atoms with van der Waals surface area (Å²) in [5, 5.41) is 10.0. The predicted octanol–water partition coefficient (Wildman–Crippen LogP) is 1.36. The quantitative estimate of drug-likeness (QED) is 0.755. The normalized spacial score (nSPS) is 23.2. The van der Waals surface area contributed by atoms with Crippen LogP contribution in [0.1, 0.15) is 25.7 Å². The number of nitrogens with zero attached hydrogens (tertiary/aromatic N) is 4. The number of imide groups is 1. The zero-order valence-electron chi connectivity index (χ0n) is 14.8. The minimum Gasteiger partial charge on any atom is -0.337 e. The molecule has 3 amide bonds. The number of carbonyl (C=O) groups excluding carboxylic acids is 2. The highest BCUT2D eigenvalue weighted by atomic mass is 35.5. The van der Waals surface area contributed by atoms with Gasteiger partial charge in [0.2, 0.25) is 11.7 Å². The van der Waals surface area contributed by atoms with Crippen molar-refractivity contribution in [3.63, 3.8) is 0 Å². The molecule has 27 heavy (non-hydrogen) atoms. The lowest BCUT2D eigenvalue weighted by molar-refractivity contribution is -0.133. The minimum atomic E-state index is -0.884. The van der Waals surface area contributed by atoms with Crippen LogP contribution in [0, 0.1) is 5.92 Å². The van der Waals surface area contributed by atoms with Gasteiger partial charge in [-0.1, -0.05) is 5.16 Å². The van der Waals surface area contributed by atoms with E-state index in [0.717, 1.165) is 30.8 Å². The lowest BCUT2D eigenvalue weighted by atomic mass is 9.79. The first-order valence-electron chi connectivity index (χ1n) is 8.66. The molecule has 9 nitrogen and oxygen atoms in total. The number of aromatic nitrogens is 3. The van der Waals surface area contributed by atoms with Gasteiger partial charge in [0.1, 0.15) is 12.1 Å². The van der Waals surface area contributed by atoms with E-state index in [2.05, 4.69) is 25.8 Å². The van der Waals surface area contributed by atoms with E-state index in [-0.39, 0.29) is 36.7 Å². The average Bonchev–Trinajstić information content (AvgIpc) is 3.23. The minimum absolute atomic E-state index is 0. The molecule has 0 bridgehead atoms. The zero-order valence-corrected chi connectivity index (χ0v) is 15.7. The van der Waals surface area contributed by atoms with Crippen molar-refractivity contribution < 1.29 is 14.1 Å². The number of nitrogens with one attached hydrogen (secondary N) is 2. The maximum absolute atomic E-state index is 12.9. The Bertz CT molecular complexity index is 823. The van der Waals surface area contributed by atoms with Crippen LogP contribution in [-0.4, -0.2) is 50.6 Å². The molecular weight excluding hydrogens is 372 g/mol. The van der Waals surface area contributed by atoms with Gasteiger partial charge >= 0.3 is 6.03 Å². The maximum atomic E-state index is 12.9. The highest BCUT2D eigenvalue weighted by molar-refractivity contribution is 6.06. The molecular formula is C17H21ClN6O3. The van der Waals surface area contributed by atoms with Gasteiger partial charge in [0.15, 0.2) is 0 Å². The molecule has 0 radical (unpaired) electrons. The lowest BCUT2D eigenvalue weighted by Gasteiger charge is -2.34. The van der Waals surface area contributed by atoms with E-state index >= 15 is 0 Å². The SMILES string of the molecule is CC1(C2CCNCC2)NC(=O)N(Cc2nc(-c3cccnc3)no2)C1=O.Cl. The monoisotopic (exact) mass is 392 g/mol. The second kappa shape index (κ2) is 7.61. The highest BCUT2D eigenvalue weighted by Crippen LogP contribution is 2.32. The molecule has 1 unspecified atom stereocenters. The molecule has 0 saturated carbocycles.